The molecule has 1 atom stereocenters. The molecule has 3 aromatic carbocycles. The van der Waals surface area contributed by atoms with E-state index in [2.05, 4.69) is 5.16 Å². The van der Waals surface area contributed by atoms with Gasteiger partial charge in [-0.05, 0) is 74.2 Å². The third-order valence-corrected chi connectivity index (χ3v) is 8.23. The Bertz CT molecular complexity index is 1930. The molecule has 1 fully saturated rings. The van der Waals surface area contributed by atoms with Crippen LogP contribution in [0.3, 0.4) is 0 Å². The van der Waals surface area contributed by atoms with Crippen LogP contribution in [0.4, 0.5) is 14.5 Å². The van der Waals surface area contributed by atoms with Crippen LogP contribution in [-0.4, -0.2) is 29.0 Å². The fraction of sp³-hybridized carbons (Fsp3) is 0.233. The zero-order chi connectivity index (χ0) is 29.8. The highest BCUT2D eigenvalue weighted by Gasteiger charge is 2.35. The topological polar surface area (TPSA) is 124 Å². The van der Waals surface area contributed by atoms with Crippen molar-refractivity contribution >= 4 is 32.7 Å². The van der Waals surface area contributed by atoms with Crippen molar-refractivity contribution < 1.29 is 26.5 Å². The minimum Gasteiger partial charge on any atom is -0.361 e. The first kappa shape index (κ1) is 27.7. The van der Waals surface area contributed by atoms with Crippen LogP contribution in [0, 0.1) is 25.5 Å². The van der Waals surface area contributed by atoms with Gasteiger partial charge in [-0.25, -0.2) is 27.3 Å². The third-order valence-electron chi connectivity index (χ3n) is 7.49. The molecule has 9 nitrogen and oxygen atoms in total. The van der Waals surface area contributed by atoms with Crippen LogP contribution in [0.15, 0.2) is 65.2 Å². The van der Waals surface area contributed by atoms with E-state index in [0.29, 0.717) is 41.2 Å². The number of nitrogens with two attached hydrogens (primary N) is 1. The maximum atomic E-state index is 14.3. The van der Waals surface area contributed by atoms with Gasteiger partial charge in [-0.3, -0.25) is 9.36 Å². The molecule has 0 saturated carbocycles. The molecule has 0 bridgehead atoms. The standard InChI is InChI=1S/C30H27F2N5O4S/c1-17-29(18(2)41-35-17)20-8-13-26-25(14-20)34-30(37(26)21-9-6-19(7-10-21)16-42(33,39)40)27-4-3-5-28(38)36(27)22-11-12-23(31)24(32)15-22/h6-15,27H,3-5,16H2,1-2H3,(H2,33,39,40)/t27-/m0/s1. The number of carbonyl (C=O) groups is 1. The van der Waals surface area contributed by atoms with E-state index in [0.717, 1.165) is 34.5 Å². The minimum atomic E-state index is -3.72. The summed E-state index contributed by atoms with van der Waals surface area (Å²) in [5.74, 6) is -1.40. The first-order valence-corrected chi connectivity index (χ1v) is 15.0. The second-order valence-corrected chi connectivity index (χ2v) is 12.1. The Morgan fingerprint density at radius 3 is 2.40 bits per heavy atom. The number of carbonyl (C=O) groups excluding carboxylic acids is 1. The van der Waals surface area contributed by atoms with E-state index in [-0.39, 0.29) is 23.8 Å². The molecule has 0 aliphatic carbocycles. The number of halogens is 2. The zero-order valence-electron chi connectivity index (χ0n) is 22.8. The fourth-order valence-corrected chi connectivity index (χ4v) is 6.35. The first-order chi connectivity index (χ1) is 20.0. The van der Waals surface area contributed by atoms with E-state index < -0.39 is 27.7 Å². The van der Waals surface area contributed by atoms with Crippen LogP contribution in [0.5, 0.6) is 0 Å². The van der Waals surface area contributed by atoms with Crippen molar-refractivity contribution in [2.45, 2.75) is 44.9 Å². The molecule has 5 aromatic rings. The van der Waals surface area contributed by atoms with E-state index in [1.54, 1.807) is 24.3 Å². The number of imidazole rings is 1. The number of aryl methyl sites for hydroxylation is 2. The van der Waals surface area contributed by atoms with Gasteiger partial charge in [0, 0.05) is 29.4 Å². The number of anilines is 1. The van der Waals surface area contributed by atoms with Crippen LogP contribution in [0.25, 0.3) is 27.8 Å². The number of fused-ring (bicyclic) bond motifs is 1. The predicted octanol–water partition coefficient (Wildman–Crippen LogP) is 5.62. The highest BCUT2D eigenvalue weighted by atomic mass is 32.2. The first-order valence-electron chi connectivity index (χ1n) is 13.3. The Labute approximate surface area is 240 Å². The lowest BCUT2D eigenvalue weighted by atomic mass is 9.99. The van der Waals surface area contributed by atoms with E-state index in [9.17, 15) is 22.0 Å². The molecule has 1 aliphatic heterocycles. The number of nitrogens with zero attached hydrogens (tertiary/aromatic N) is 4. The summed E-state index contributed by atoms with van der Waals surface area (Å²) in [6.45, 7) is 3.69. The Hall–Kier alpha value is -4.42. The molecule has 1 saturated heterocycles. The second kappa shape index (κ2) is 10.4. The lowest BCUT2D eigenvalue weighted by molar-refractivity contribution is -0.120. The van der Waals surface area contributed by atoms with Gasteiger partial charge >= 0.3 is 0 Å². The van der Waals surface area contributed by atoms with Crippen molar-refractivity contribution in [3.63, 3.8) is 0 Å². The number of primary sulfonamides is 1. The van der Waals surface area contributed by atoms with Crippen molar-refractivity contribution in [2.75, 3.05) is 4.90 Å². The van der Waals surface area contributed by atoms with Crippen molar-refractivity contribution in [2.24, 2.45) is 5.14 Å². The van der Waals surface area contributed by atoms with Crippen molar-refractivity contribution in [3.05, 3.63) is 95.1 Å². The largest absolute Gasteiger partial charge is 0.361 e. The number of benzene rings is 3. The normalized spacial score (nSPS) is 16.0. The van der Waals surface area contributed by atoms with Gasteiger partial charge in [0.2, 0.25) is 15.9 Å². The van der Waals surface area contributed by atoms with E-state index in [1.807, 2.05) is 36.6 Å². The summed E-state index contributed by atoms with van der Waals surface area (Å²) in [4.78, 5) is 19.8. The summed E-state index contributed by atoms with van der Waals surface area (Å²) >= 11 is 0. The summed E-state index contributed by atoms with van der Waals surface area (Å²) in [7, 11) is -3.72. The molecule has 3 heterocycles. The summed E-state index contributed by atoms with van der Waals surface area (Å²) < 4.78 is 58.7. The van der Waals surface area contributed by atoms with Crippen molar-refractivity contribution in [1.82, 2.24) is 14.7 Å². The van der Waals surface area contributed by atoms with Crippen LogP contribution >= 0.6 is 0 Å². The fourth-order valence-electron chi connectivity index (χ4n) is 5.69. The van der Waals surface area contributed by atoms with Crippen LogP contribution < -0.4 is 10.0 Å². The van der Waals surface area contributed by atoms with Crippen LogP contribution in [0.2, 0.25) is 0 Å². The van der Waals surface area contributed by atoms with Gasteiger partial charge in [-0.1, -0.05) is 23.4 Å². The number of amides is 1. The molecule has 216 valence electrons. The van der Waals surface area contributed by atoms with Gasteiger partial charge < -0.3 is 9.42 Å². The molecule has 1 aliphatic rings. The lowest BCUT2D eigenvalue weighted by Gasteiger charge is -2.35. The third kappa shape index (κ3) is 5.07. The monoisotopic (exact) mass is 591 g/mol. The van der Waals surface area contributed by atoms with E-state index in [1.165, 1.54) is 11.0 Å². The van der Waals surface area contributed by atoms with Crippen LogP contribution in [-0.2, 0) is 20.6 Å². The Morgan fingerprint density at radius 2 is 1.74 bits per heavy atom. The van der Waals surface area contributed by atoms with Crippen molar-refractivity contribution in [3.8, 4) is 16.8 Å². The number of rotatable bonds is 6. The summed E-state index contributed by atoms with van der Waals surface area (Å²) in [5, 5.41) is 9.29. The number of sulfonamides is 1. The quantitative estimate of drug-likeness (QED) is 0.273. The molecule has 0 spiro atoms. The van der Waals surface area contributed by atoms with E-state index >= 15 is 0 Å². The smallest absolute Gasteiger partial charge is 0.227 e. The molecule has 2 aromatic heterocycles. The molecular formula is C30H27F2N5O4S. The SMILES string of the molecule is Cc1noc(C)c1-c1ccc2c(c1)nc([C@@H]1CCCC(=O)N1c1ccc(F)c(F)c1)n2-c1ccc(CS(N)(=O)=O)cc1. The molecule has 2 N–H and O–H groups in total. The minimum absolute atomic E-state index is 0.226. The van der Waals surface area contributed by atoms with Gasteiger partial charge in [-0.2, -0.15) is 0 Å². The predicted molar refractivity (Wildman–Crippen MR) is 153 cm³/mol. The van der Waals surface area contributed by atoms with Gasteiger partial charge in [0.25, 0.3) is 0 Å². The average Bonchev–Trinajstić information content (AvgIpc) is 3.48. The molecule has 0 radical (unpaired) electrons. The second-order valence-electron chi connectivity index (χ2n) is 10.5. The maximum Gasteiger partial charge on any atom is 0.227 e. The molecule has 1 amide bonds. The van der Waals surface area contributed by atoms with Gasteiger partial charge in [0.05, 0.1) is 28.5 Å². The highest BCUT2D eigenvalue weighted by Crippen LogP contribution is 2.39. The number of hydrogen-bond donors (Lipinski definition) is 1. The van der Waals surface area contributed by atoms with Gasteiger partial charge in [0.15, 0.2) is 11.6 Å². The van der Waals surface area contributed by atoms with Gasteiger partial charge in [0.1, 0.15) is 11.6 Å². The van der Waals surface area contributed by atoms with Crippen LogP contribution in [0.1, 0.15) is 48.1 Å². The number of aromatic nitrogens is 3. The molecule has 0 unspecified atom stereocenters. The maximum absolute atomic E-state index is 14.3. The molecule has 12 heteroatoms. The number of hydrogen-bond acceptors (Lipinski definition) is 6. The molecule has 6 rings (SSSR count). The van der Waals surface area contributed by atoms with Crippen molar-refractivity contribution in [1.29, 1.82) is 0 Å². The lowest BCUT2D eigenvalue weighted by Crippen LogP contribution is -2.39. The Morgan fingerprint density at radius 1 is 1.00 bits per heavy atom. The van der Waals surface area contributed by atoms with Gasteiger partial charge in [-0.15, -0.1) is 0 Å². The average molecular weight is 592 g/mol. The summed E-state index contributed by atoms with van der Waals surface area (Å²) in [6, 6.07) is 15.5. The number of piperidine rings is 1. The highest BCUT2D eigenvalue weighted by molar-refractivity contribution is 7.88. The summed E-state index contributed by atoms with van der Waals surface area (Å²) in [6.07, 6.45) is 1.38. The summed E-state index contributed by atoms with van der Waals surface area (Å²) in [5.41, 5.74) is 5.26. The Balaban J connectivity index is 1.55. The molecular weight excluding hydrogens is 564 g/mol. The van der Waals surface area contributed by atoms with E-state index in [4.69, 9.17) is 14.6 Å². The Kier molecular flexibility index (Phi) is 6.90. The molecule has 42 heavy (non-hydrogen) atoms. The zero-order valence-corrected chi connectivity index (χ0v) is 23.7.